The average molecular weight is 488 g/mol. The molecule has 0 spiro atoms. The van der Waals surface area contributed by atoms with Gasteiger partial charge < -0.3 is 14.4 Å². The summed E-state index contributed by atoms with van der Waals surface area (Å²) in [7, 11) is -0.673. The third-order valence-electron chi connectivity index (χ3n) is 6.04. The van der Waals surface area contributed by atoms with Crippen molar-refractivity contribution in [3.05, 3.63) is 64.2 Å². The molecule has 7 nitrogen and oxygen atoms in total. The Hall–Kier alpha value is -2.62. The van der Waals surface area contributed by atoms with E-state index in [1.54, 1.807) is 29.5 Å². The molecular formula is C24H29N3O4S2. The van der Waals surface area contributed by atoms with Crippen molar-refractivity contribution in [2.75, 3.05) is 45.3 Å². The Balaban J connectivity index is 1.44. The molecular weight excluding hydrogens is 458 g/mol. The maximum atomic E-state index is 13.3. The van der Waals surface area contributed by atoms with E-state index in [0.717, 1.165) is 17.2 Å². The summed E-state index contributed by atoms with van der Waals surface area (Å²) in [5.74, 6) is 0.837. The summed E-state index contributed by atoms with van der Waals surface area (Å²) in [5, 5.41) is 3.04. The zero-order chi connectivity index (χ0) is 23.6. The van der Waals surface area contributed by atoms with Gasteiger partial charge in [-0.2, -0.15) is 4.31 Å². The van der Waals surface area contributed by atoms with Gasteiger partial charge in [-0.25, -0.2) is 13.4 Å². The second kappa shape index (κ2) is 9.70. The molecule has 33 heavy (non-hydrogen) atoms. The number of aromatic nitrogens is 1. The van der Waals surface area contributed by atoms with Crippen LogP contribution in [0.2, 0.25) is 0 Å². The van der Waals surface area contributed by atoms with Crippen molar-refractivity contribution in [3.63, 3.8) is 0 Å². The van der Waals surface area contributed by atoms with Gasteiger partial charge >= 0.3 is 0 Å². The Morgan fingerprint density at radius 3 is 2.33 bits per heavy atom. The van der Waals surface area contributed by atoms with Gasteiger partial charge in [0.15, 0.2) is 5.13 Å². The van der Waals surface area contributed by atoms with Crippen LogP contribution in [0.3, 0.4) is 0 Å². The Morgan fingerprint density at radius 2 is 1.70 bits per heavy atom. The van der Waals surface area contributed by atoms with Gasteiger partial charge in [-0.1, -0.05) is 18.2 Å². The number of nitrogens with zero attached hydrogens (tertiary/aromatic N) is 3. The molecule has 9 heteroatoms. The number of sulfonamides is 1. The minimum Gasteiger partial charge on any atom is -0.497 e. The van der Waals surface area contributed by atoms with Crippen molar-refractivity contribution < 1.29 is 17.9 Å². The van der Waals surface area contributed by atoms with E-state index in [0.29, 0.717) is 31.9 Å². The summed E-state index contributed by atoms with van der Waals surface area (Å²) in [6.07, 6.45) is 0.806. The smallest absolute Gasteiger partial charge is 0.246 e. The van der Waals surface area contributed by atoms with Gasteiger partial charge in [0.25, 0.3) is 0 Å². The molecule has 0 unspecified atom stereocenters. The van der Waals surface area contributed by atoms with Crippen molar-refractivity contribution in [3.8, 4) is 11.5 Å². The fourth-order valence-corrected chi connectivity index (χ4v) is 6.52. The first kappa shape index (κ1) is 23.5. The van der Waals surface area contributed by atoms with E-state index in [-0.39, 0.29) is 10.6 Å². The van der Waals surface area contributed by atoms with Crippen LogP contribution in [0.15, 0.2) is 46.7 Å². The summed E-state index contributed by atoms with van der Waals surface area (Å²) in [4.78, 5) is 7.17. The second-order valence-electron chi connectivity index (χ2n) is 8.08. The number of aryl methyl sites for hydroxylation is 2. The number of benzene rings is 2. The molecule has 0 N–H and O–H groups in total. The Morgan fingerprint density at radius 1 is 1.00 bits per heavy atom. The Bertz CT molecular complexity index is 1210. The van der Waals surface area contributed by atoms with Crippen molar-refractivity contribution in [1.82, 2.24) is 9.29 Å². The fraction of sp³-hybridized carbons (Fsp3) is 0.375. The third kappa shape index (κ3) is 4.85. The molecule has 4 rings (SSSR count). The fourth-order valence-electron chi connectivity index (χ4n) is 4.08. The molecule has 0 bridgehead atoms. The lowest BCUT2D eigenvalue weighted by Gasteiger charge is -2.34. The summed E-state index contributed by atoms with van der Waals surface area (Å²) in [6, 6.07) is 11.1. The molecule has 0 atom stereocenters. The highest BCUT2D eigenvalue weighted by molar-refractivity contribution is 7.89. The molecule has 1 saturated heterocycles. The molecule has 1 aliphatic rings. The average Bonchev–Trinajstić information content (AvgIpc) is 3.30. The van der Waals surface area contributed by atoms with Gasteiger partial charge in [-0.05, 0) is 42.7 Å². The lowest BCUT2D eigenvalue weighted by atomic mass is 9.99. The largest absolute Gasteiger partial charge is 0.497 e. The van der Waals surface area contributed by atoms with E-state index in [2.05, 4.69) is 42.3 Å². The molecule has 2 heterocycles. The van der Waals surface area contributed by atoms with Crippen LogP contribution in [0.1, 0.15) is 22.4 Å². The topological polar surface area (TPSA) is 72.0 Å². The maximum Gasteiger partial charge on any atom is 0.246 e. The summed E-state index contributed by atoms with van der Waals surface area (Å²) in [6.45, 7) is 6.23. The van der Waals surface area contributed by atoms with Crippen LogP contribution >= 0.6 is 11.3 Å². The van der Waals surface area contributed by atoms with E-state index in [4.69, 9.17) is 14.5 Å². The number of thiazole rings is 1. The molecule has 176 valence electrons. The monoisotopic (exact) mass is 487 g/mol. The number of rotatable bonds is 7. The van der Waals surface area contributed by atoms with E-state index < -0.39 is 10.0 Å². The second-order valence-corrected chi connectivity index (χ2v) is 10.8. The van der Waals surface area contributed by atoms with Crippen LogP contribution in [0.4, 0.5) is 5.13 Å². The van der Waals surface area contributed by atoms with E-state index in [9.17, 15) is 8.42 Å². The first-order valence-corrected chi connectivity index (χ1v) is 13.1. The minimum atomic E-state index is -3.67. The molecule has 0 radical (unpaired) electrons. The van der Waals surface area contributed by atoms with Crippen molar-refractivity contribution >= 4 is 26.5 Å². The van der Waals surface area contributed by atoms with Crippen LogP contribution < -0.4 is 14.4 Å². The van der Waals surface area contributed by atoms with Crippen molar-refractivity contribution in [1.29, 1.82) is 0 Å². The molecule has 3 aromatic rings. The number of ether oxygens (including phenoxy) is 2. The lowest BCUT2D eigenvalue weighted by Crippen LogP contribution is -2.48. The molecule has 2 aromatic carbocycles. The van der Waals surface area contributed by atoms with Gasteiger partial charge in [0, 0.05) is 44.0 Å². The maximum absolute atomic E-state index is 13.3. The first-order valence-electron chi connectivity index (χ1n) is 10.8. The minimum absolute atomic E-state index is 0.157. The quantitative estimate of drug-likeness (QED) is 0.504. The zero-order valence-electron chi connectivity index (χ0n) is 19.4. The van der Waals surface area contributed by atoms with Gasteiger partial charge in [0.2, 0.25) is 10.0 Å². The van der Waals surface area contributed by atoms with Crippen LogP contribution in [-0.4, -0.2) is 58.1 Å². The molecule has 0 aliphatic carbocycles. The predicted octanol–water partition coefficient (Wildman–Crippen LogP) is 3.88. The van der Waals surface area contributed by atoms with Crippen LogP contribution in [-0.2, 0) is 16.4 Å². The van der Waals surface area contributed by atoms with Crippen molar-refractivity contribution in [2.45, 2.75) is 25.2 Å². The summed E-state index contributed by atoms with van der Waals surface area (Å²) in [5.41, 5.74) is 4.92. The van der Waals surface area contributed by atoms with Crippen molar-refractivity contribution in [2.24, 2.45) is 0 Å². The van der Waals surface area contributed by atoms with E-state index in [1.165, 1.54) is 35.2 Å². The van der Waals surface area contributed by atoms with Gasteiger partial charge in [-0.3, -0.25) is 0 Å². The van der Waals surface area contributed by atoms with Gasteiger partial charge in [0.05, 0.1) is 19.9 Å². The van der Waals surface area contributed by atoms with Gasteiger partial charge in [-0.15, -0.1) is 11.3 Å². The van der Waals surface area contributed by atoms with Gasteiger partial charge in [0.1, 0.15) is 16.4 Å². The highest BCUT2D eigenvalue weighted by Gasteiger charge is 2.31. The number of hydrogen-bond acceptors (Lipinski definition) is 7. The molecule has 1 fully saturated rings. The first-order chi connectivity index (χ1) is 15.8. The molecule has 1 aromatic heterocycles. The highest BCUT2D eigenvalue weighted by atomic mass is 32.2. The lowest BCUT2D eigenvalue weighted by molar-refractivity contribution is 0.370. The Kier molecular flexibility index (Phi) is 6.92. The third-order valence-corrected chi connectivity index (χ3v) is 8.93. The summed E-state index contributed by atoms with van der Waals surface area (Å²) < 4.78 is 38.5. The zero-order valence-corrected chi connectivity index (χ0v) is 21.0. The number of piperazine rings is 1. The normalized spacial score (nSPS) is 15.0. The Labute approximate surface area is 199 Å². The van der Waals surface area contributed by atoms with Crippen LogP contribution in [0, 0.1) is 13.8 Å². The predicted molar refractivity (Wildman–Crippen MR) is 131 cm³/mol. The molecule has 1 aliphatic heterocycles. The highest BCUT2D eigenvalue weighted by Crippen LogP contribution is 2.32. The van der Waals surface area contributed by atoms with Crippen LogP contribution in [0.25, 0.3) is 0 Å². The number of methoxy groups -OCH3 is 2. The number of anilines is 1. The number of hydrogen-bond donors (Lipinski definition) is 0. The summed E-state index contributed by atoms with van der Waals surface area (Å²) >= 11 is 1.62. The molecule has 0 amide bonds. The van der Waals surface area contributed by atoms with Crippen LogP contribution in [0.5, 0.6) is 11.5 Å². The SMILES string of the molecule is COc1ccc(S(=O)(=O)N2CCN(c3nc(Cc4c(C)cccc4C)cs3)CC2)c(OC)c1. The standard InChI is InChI=1S/C24H29N3O4S2/c1-17-6-5-7-18(2)21(17)14-19-16-32-24(25-19)26-10-12-27(13-11-26)33(28,29)23-9-8-20(30-3)15-22(23)31-4/h5-9,15-16H,10-14H2,1-4H3. The van der Waals surface area contributed by atoms with E-state index >= 15 is 0 Å². The molecule has 0 saturated carbocycles. The van der Waals surface area contributed by atoms with E-state index in [1.807, 2.05) is 0 Å².